The number of fused-ring (bicyclic) bond motifs is 1. The zero-order valence-corrected chi connectivity index (χ0v) is 9.52. The fourth-order valence-electron chi connectivity index (χ4n) is 2.34. The maximum absolute atomic E-state index is 11.5. The van der Waals surface area contributed by atoms with Crippen LogP contribution in [-0.4, -0.2) is 34.9 Å². The van der Waals surface area contributed by atoms with E-state index in [0.29, 0.717) is 24.1 Å². The first-order valence-electron chi connectivity index (χ1n) is 5.23. The van der Waals surface area contributed by atoms with E-state index in [2.05, 4.69) is 15.3 Å². The lowest BCUT2D eigenvalue weighted by Gasteiger charge is -2.18. The Hall–Kier alpha value is -1.69. The fraction of sp³-hybridized carbons (Fsp3) is 0.400. The van der Waals surface area contributed by atoms with Crippen LogP contribution in [0.25, 0.3) is 0 Å². The Labute approximate surface area is 102 Å². The number of anilines is 1. The van der Waals surface area contributed by atoms with Gasteiger partial charge in [0, 0.05) is 25.5 Å². The Bertz CT molecular complexity index is 485. The number of nitrogens with zero attached hydrogens (tertiary/aromatic N) is 3. The summed E-state index contributed by atoms with van der Waals surface area (Å²) in [6.07, 6.45) is 3.04. The molecule has 2 amide bonds. The van der Waals surface area contributed by atoms with Crippen molar-refractivity contribution in [2.45, 2.75) is 0 Å². The molecule has 2 atom stereocenters. The Kier molecular flexibility index (Phi) is 2.25. The van der Waals surface area contributed by atoms with Crippen LogP contribution in [0, 0.1) is 11.8 Å². The van der Waals surface area contributed by atoms with Crippen LogP contribution in [0.1, 0.15) is 0 Å². The maximum atomic E-state index is 11.5. The summed E-state index contributed by atoms with van der Waals surface area (Å²) in [7, 11) is 0. The van der Waals surface area contributed by atoms with Crippen molar-refractivity contribution < 1.29 is 9.59 Å². The molecule has 0 radical (unpaired) electrons. The molecule has 0 spiro atoms. The second-order valence-corrected chi connectivity index (χ2v) is 4.50. The third kappa shape index (κ3) is 1.56. The predicted molar refractivity (Wildman–Crippen MR) is 59.4 cm³/mol. The van der Waals surface area contributed by atoms with E-state index in [-0.39, 0.29) is 23.7 Å². The van der Waals surface area contributed by atoms with Gasteiger partial charge in [-0.15, -0.1) is 0 Å². The highest BCUT2D eigenvalue weighted by atomic mass is 35.5. The summed E-state index contributed by atoms with van der Waals surface area (Å²) < 4.78 is 0. The number of imide groups is 1. The number of amides is 2. The molecular weight excluding hydrogens is 244 g/mol. The monoisotopic (exact) mass is 252 g/mol. The van der Waals surface area contributed by atoms with Gasteiger partial charge in [0.25, 0.3) is 0 Å². The Balaban J connectivity index is 1.88. The van der Waals surface area contributed by atoms with Crippen molar-refractivity contribution in [1.29, 1.82) is 0 Å². The van der Waals surface area contributed by atoms with Gasteiger partial charge in [0.2, 0.25) is 11.8 Å². The van der Waals surface area contributed by atoms with Crippen molar-refractivity contribution in [2.24, 2.45) is 11.8 Å². The van der Waals surface area contributed by atoms with Gasteiger partial charge in [-0.25, -0.2) is 9.97 Å². The number of nitrogens with one attached hydrogen (secondary N) is 1. The molecule has 17 heavy (non-hydrogen) atoms. The smallest absolute Gasteiger partial charge is 0.232 e. The molecule has 3 heterocycles. The molecule has 6 nitrogen and oxygen atoms in total. The molecule has 1 N–H and O–H groups in total. The minimum Gasteiger partial charge on any atom is -0.352 e. The largest absolute Gasteiger partial charge is 0.352 e. The highest BCUT2D eigenvalue weighted by Crippen LogP contribution is 2.33. The summed E-state index contributed by atoms with van der Waals surface area (Å²) in [5.74, 6) is -0.463. The van der Waals surface area contributed by atoms with Crippen LogP contribution in [0.2, 0.25) is 5.15 Å². The summed E-state index contributed by atoms with van der Waals surface area (Å²) in [4.78, 5) is 32.9. The first-order chi connectivity index (χ1) is 8.16. The average molecular weight is 253 g/mol. The molecule has 0 aromatic carbocycles. The number of aromatic nitrogens is 2. The van der Waals surface area contributed by atoms with Gasteiger partial charge in [-0.3, -0.25) is 14.9 Å². The minimum absolute atomic E-state index is 0.206. The normalized spacial score (nSPS) is 27.2. The number of halogens is 1. The number of hydrogen-bond donors (Lipinski definition) is 1. The molecule has 1 aromatic rings. The highest BCUT2D eigenvalue weighted by Gasteiger charge is 2.48. The summed E-state index contributed by atoms with van der Waals surface area (Å²) in [6, 6.07) is 0. The van der Waals surface area contributed by atoms with E-state index in [1.807, 2.05) is 4.90 Å². The first-order valence-corrected chi connectivity index (χ1v) is 5.61. The summed E-state index contributed by atoms with van der Waals surface area (Å²) in [5, 5.41) is 2.62. The van der Waals surface area contributed by atoms with Gasteiger partial charge in [-0.1, -0.05) is 11.6 Å². The zero-order chi connectivity index (χ0) is 12.0. The molecule has 0 saturated carbocycles. The van der Waals surface area contributed by atoms with Gasteiger partial charge in [0.05, 0.1) is 11.8 Å². The number of carbonyl (C=O) groups is 2. The molecule has 2 fully saturated rings. The lowest BCUT2D eigenvalue weighted by atomic mass is 10.00. The maximum Gasteiger partial charge on any atom is 0.232 e. The van der Waals surface area contributed by atoms with Crippen LogP contribution in [0.3, 0.4) is 0 Å². The van der Waals surface area contributed by atoms with Crippen molar-refractivity contribution in [3.8, 4) is 0 Å². The van der Waals surface area contributed by atoms with Gasteiger partial charge in [0.1, 0.15) is 0 Å². The molecule has 7 heteroatoms. The summed E-state index contributed by atoms with van der Waals surface area (Å²) in [6.45, 7) is 0.918. The fourth-order valence-corrected chi connectivity index (χ4v) is 2.57. The van der Waals surface area contributed by atoms with E-state index in [1.165, 1.54) is 12.4 Å². The Morgan fingerprint density at radius 1 is 1.18 bits per heavy atom. The van der Waals surface area contributed by atoms with Gasteiger partial charge in [-0.05, 0) is 0 Å². The number of hydrogen-bond acceptors (Lipinski definition) is 5. The topological polar surface area (TPSA) is 75.2 Å². The molecular formula is C10H9ClN4O2. The van der Waals surface area contributed by atoms with E-state index >= 15 is 0 Å². The highest BCUT2D eigenvalue weighted by molar-refractivity contribution is 6.31. The molecule has 1 aromatic heterocycles. The molecule has 2 saturated heterocycles. The van der Waals surface area contributed by atoms with Gasteiger partial charge in [-0.2, -0.15) is 0 Å². The van der Waals surface area contributed by atoms with Crippen molar-refractivity contribution in [3.63, 3.8) is 0 Å². The van der Waals surface area contributed by atoms with Crippen molar-refractivity contribution >= 4 is 29.2 Å². The first kappa shape index (κ1) is 10.5. The van der Waals surface area contributed by atoms with E-state index < -0.39 is 0 Å². The van der Waals surface area contributed by atoms with Crippen molar-refractivity contribution in [1.82, 2.24) is 15.3 Å². The quantitative estimate of drug-likeness (QED) is 0.703. The van der Waals surface area contributed by atoms with E-state index in [4.69, 9.17) is 11.6 Å². The molecule has 3 rings (SSSR count). The van der Waals surface area contributed by atoms with Crippen LogP contribution < -0.4 is 10.2 Å². The zero-order valence-electron chi connectivity index (χ0n) is 8.76. The molecule has 0 unspecified atom stereocenters. The molecule has 2 aliphatic rings. The molecule has 88 valence electrons. The van der Waals surface area contributed by atoms with E-state index in [1.54, 1.807) is 0 Å². The number of rotatable bonds is 1. The molecule has 0 aliphatic carbocycles. The second kappa shape index (κ2) is 3.66. The van der Waals surface area contributed by atoms with Gasteiger partial charge >= 0.3 is 0 Å². The minimum atomic E-state index is -0.291. The summed E-state index contributed by atoms with van der Waals surface area (Å²) >= 11 is 5.93. The summed E-state index contributed by atoms with van der Waals surface area (Å²) in [5.41, 5.74) is 0. The average Bonchev–Trinajstić information content (AvgIpc) is 2.83. The standard InChI is InChI=1S/C10H9ClN4O2/c11-7-8(13-2-1-12-7)15-3-5-6(4-15)10(17)14-9(5)16/h1-2,5-6H,3-4H2,(H,14,16,17)/t5-,6-/m0/s1. The Morgan fingerprint density at radius 3 is 2.35 bits per heavy atom. The predicted octanol–water partition coefficient (Wildman–Crippen LogP) is -0.161. The van der Waals surface area contributed by atoms with E-state index in [9.17, 15) is 9.59 Å². The SMILES string of the molecule is O=C1NC(=O)[C@H]2CN(c3nccnc3Cl)C[C@H]12. The molecule has 2 aliphatic heterocycles. The van der Waals surface area contributed by atoms with E-state index in [0.717, 1.165) is 0 Å². The van der Waals surface area contributed by atoms with Crippen LogP contribution in [0.15, 0.2) is 12.4 Å². The van der Waals surface area contributed by atoms with Gasteiger partial charge in [0.15, 0.2) is 11.0 Å². The van der Waals surface area contributed by atoms with Crippen molar-refractivity contribution in [3.05, 3.63) is 17.5 Å². The second-order valence-electron chi connectivity index (χ2n) is 4.14. The third-order valence-electron chi connectivity index (χ3n) is 3.18. The Morgan fingerprint density at radius 2 is 1.76 bits per heavy atom. The third-order valence-corrected chi connectivity index (χ3v) is 3.44. The lowest BCUT2D eigenvalue weighted by Crippen LogP contribution is -2.31. The van der Waals surface area contributed by atoms with Gasteiger partial charge < -0.3 is 4.90 Å². The van der Waals surface area contributed by atoms with Crippen LogP contribution in [0.4, 0.5) is 5.82 Å². The molecule has 0 bridgehead atoms. The van der Waals surface area contributed by atoms with Crippen LogP contribution in [-0.2, 0) is 9.59 Å². The van der Waals surface area contributed by atoms with Crippen LogP contribution in [0.5, 0.6) is 0 Å². The lowest BCUT2D eigenvalue weighted by molar-refractivity contribution is -0.126. The van der Waals surface area contributed by atoms with Crippen molar-refractivity contribution in [2.75, 3.05) is 18.0 Å². The number of carbonyl (C=O) groups excluding carboxylic acids is 2. The van der Waals surface area contributed by atoms with Crippen LogP contribution >= 0.6 is 11.6 Å².